The van der Waals surface area contributed by atoms with Crippen LogP contribution in [0.5, 0.6) is 0 Å². The average Bonchev–Trinajstić information content (AvgIpc) is 3.84. The molecule has 0 fully saturated rings. The number of thiophene rings is 2. The summed E-state index contributed by atoms with van der Waals surface area (Å²) in [7, 11) is 0. The van der Waals surface area contributed by atoms with E-state index in [0.29, 0.717) is 17.5 Å². The molecule has 0 aliphatic carbocycles. The van der Waals surface area contributed by atoms with E-state index in [0.717, 1.165) is 16.7 Å². The largest absolute Gasteiger partial charge is 0.208 e. The van der Waals surface area contributed by atoms with Crippen LogP contribution in [0.4, 0.5) is 0 Å². The first-order chi connectivity index (χ1) is 27.7. The van der Waals surface area contributed by atoms with Gasteiger partial charge in [-0.25, -0.2) is 15.0 Å². The average molecular weight is 748 g/mol. The third kappa shape index (κ3) is 4.92. The second kappa shape index (κ2) is 12.4. The minimum absolute atomic E-state index is 0.663. The van der Waals surface area contributed by atoms with Gasteiger partial charge in [0.25, 0.3) is 0 Å². The van der Waals surface area contributed by atoms with Crippen LogP contribution < -0.4 is 0 Å². The Morgan fingerprint density at radius 1 is 0.286 bits per heavy atom. The summed E-state index contributed by atoms with van der Waals surface area (Å²) in [6.45, 7) is 0. The summed E-state index contributed by atoms with van der Waals surface area (Å²) in [6, 6.07) is 63.3. The first kappa shape index (κ1) is 31.5. The summed E-state index contributed by atoms with van der Waals surface area (Å²) in [5, 5.41) is 12.4. The van der Waals surface area contributed by atoms with Gasteiger partial charge >= 0.3 is 0 Å². The lowest BCUT2D eigenvalue weighted by Crippen LogP contribution is -2.00. The van der Waals surface area contributed by atoms with Crippen molar-refractivity contribution < 1.29 is 0 Å². The van der Waals surface area contributed by atoms with Gasteiger partial charge in [-0.3, -0.25) is 0 Å². The Kier molecular flexibility index (Phi) is 6.97. The lowest BCUT2D eigenvalue weighted by molar-refractivity contribution is 1.08. The quantitative estimate of drug-likeness (QED) is 0.168. The zero-order chi connectivity index (χ0) is 36.7. The lowest BCUT2D eigenvalue weighted by atomic mass is 9.94. The molecule has 0 N–H and O–H groups in total. The number of nitrogens with zero attached hydrogens (tertiary/aromatic N) is 3. The van der Waals surface area contributed by atoms with Gasteiger partial charge in [-0.2, -0.15) is 0 Å². The van der Waals surface area contributed by atoms with E-state index >= 15 is 0 Å². The fourth-order valence-electron chi connectivity index (χ4n) is 8.50. The molecule has 9 aromatic carbocycles. The molecule has 0 spiro atoms. The van der Waals surface area contributed by atoms with Crippen LogP contribution in [-0.4, -0.2) is 15.0 Å². The van der Waals surface area contributed by atoms with Crippen LogP contribution in [0.3, 0.4) is 0 Å². The summed E-state index contributed by atoms with van der Waals surface area (Å²) >= 11 is 3.62. The number of hydrogen-bond donors (Lipinski definition) is 0. The van der Waals surface area contributed by atoms with Gasteiger partial charge in [0.05, 0.1) is 0 Å². The number of rotatable bonds is 4. The Hall–Kier alpha value is -6.79. The van der Waals surface area contributed by atoms with Gasteiger partial charge in [0, 0.05) is 57.0 Å². The smallest absolute Gasteiger partial charge is 0.164 e. The lowest BCUT2D eigenvalue weighted by Gasteiger charge is -2.11. The minimum Gasteiger partial charge on any atom is -0.208 e. The van der Waals surface area contributed by atoms with Crippen LogP contribution >= 0.6 is 22.7 Å². The van der Waals surface area contributed by atoms with Crippen LogP contribution in [0.15, 0.2) is 176 Å². The maximum atomic E-state index is 5.32. The number of fused-ring (bicyclic) bond motifs is 11. The number of aromatic nitrogens is 3. The molecule has 3 nitrogen and oxygen atoms in total. The van der Waals surface area contributed by atoms with Gasteiger partial charge in [0.15, 0.2) is 17.5 Å². The molecule has 5 heteroatoms. The predicted octanol–water partition coefficient (Wildman–Crippen LogP) is 14.7. The van der Waals surface area contributed by atoms with E-state index in [9.17, 15) is 0 Å². The van der Waals surface area contributed by atoms with Crippen LogP contribution in [0, 0.1) is 0 Å². The van der Waals surface area contributed by atoms with Crippen molar-refractivity contribution in [1.29, 1.82) is 0 Å². The molecular weight excluding hydrogens is 719 g/mol. The molecule has 0 saturated heterocycles. The molecule has 0 aliphatic heterocycles. The molecule has 0 radical (unpaired) electrons. The van der Waals surface area contributed by atoms with E-state index in [-0.39, 0.29) is 0 Å². The second-order valence-electron chi connectivity index (χ2n) is 14.3. The highest BCUT2D eigenvalue weighted by atomic mass is 32.1. The van der Waals surface area contributed by atoms with Crippen LogP contribution in [0.2, 0.25) is 0 Å². The van der Waals surface area contributed by atoms with E-state index in [1.807, 2.05) is 29.5 Å². The van der Waals surface area contributed by atoms with Crippen LogP contribution in [-0.2, 0) is 0 Å². The summed E-state index contributed by atoms with van der Waals surface area (Å²) in [6.07, 6.45) is 0. The molecule has 3 heterocycles. The maximum Gasteiger partial charge on any atom is 0.164 e. The monoisotopic (exact) mass is 747 g/mol. The molecule has 0 saturated carbocycles. The number of hydrogen-bond acceptors (Lipinski definition) is 5. The standard InChI is InChI=1S/C51H29N3S2/c1-2-11-31(12-3-1)49-52-50(40-15-8-18-45-47(40)39-14-6-7-17-43(39)55-45)54-51(53-49)41-16-9-19-46-48(41)42-29-33(23-27-44(42)56-46)32-21-24-36-34(28-32)22-26-37-35-13-5-4-10-30(35)20-25-38(36)37/h1-29H. The van der Waals surface area contributed by atoms with Crippen LogP contribution in [0.1, 0.15) is 0 Å². The molecule has 0 amide bonds. The van der Waals surface area contributed by atoms with E-state index in [4.69, 9.17) is 15.0 Å². The second-order valence-corrected chi connectivity index (χ2v) is 16.5. The highest BCUT2D eigenvalue weighted by molar-refractivity contribution is 7.26. The minimum atomic E-state index is 0.663. The van der Waals surface area contributed by atoms with Gasteiger partial charge in [-0.1, -0.05) is 140 Å². The van der Waals surface area contributed by atoms with E-state index < -0.39 is 0 Å². The van der Waals surface area contributed by atoms with E-state index in [2.05, 4.69) is 158 Å². The predicted molar refractivity (Wildman–Crippen MR) is 240 cm³/mol. The summed E-state index contributed by atoms with van der Waals surface area (Å²) in [5.74, 6) is 2.01. The van der Waals surface area contributed by atoms with Crippen molar-refractivity contribution >= 4 is 95.3 Å². The molecule has 0 aliphatic rings. The molecular formula is C51H29N3S2. The van der Waals surface area contributed by atoms with E-state index in [1.165, 1.54) is 83.8 Å². The molecule has 12 rings (SSSR count). The van der Waals surface area contributed by atoms with Crippen molar-refractivity contribution in [1.82, 2.24) is 15.0 Å². The molecule has 56 heavy (non-hydrogen) atoms. The Labute approximate surface area is 329 Å². The third-order valence-corrected chi connectivity index (χ3v) is 13.4. The van der Waals surface area contributed by atoms with Crippen molar-refractivity contribution in [3.63, 3.8) is 0 Å². The Morgan fingerprint density at radius 2 is 0.821 bits per heavy atom. The first-order valence-electron chi connectivity index (χ1n) is 18.8. The molecule has 260 valence electrons. The third-order valence-electron chi connectivity index (χ3n) is 11.1. The Bertz CT molecular complexity index is 3550. The molecule has 0 atom stereocenters. The summed E-state index contributed by atoms with van der Waals surface area (Å²) in [5.41, 5.74) is 5.36. The molecule has 0 unspecified atom stereocenters. The Morgan fingerprint density at radius 3 is 1.59 bits per heavy atom. The normalized spacial score (nSPS) is 11.9. The van der Waals surface area contributed by atoms with Gasteiger partial charge in [0.2, 0.25) is 0 Å². The highest BCUT2D eigenvalue weighted by Gasteiger charge is 2.20. The number of benzene rings is 9. The first-order valence-corrected chi connectivity index (χ1v) is 20.4. The molecule has 3 aromatic heterocycles. The zero-order valence-electron chi connectivity index (χ0n) is 29.9. The van der Waals surface area contributed by atoms with Gasteiger partial charge in [0.1, 0.15) is 0 Å². The van der Waals surface area contributed by atoms with E-state index in [1.54, 1.807) is 11.3 Å². The fraction of sp³-hybridized carbons (Fsp3) is 0. The van der Waals surface area contributed by atoms with Gasteiger partial charge in [-0.15, -0.1) is 22.7 Å². The summed E-state index contributed by atoms with van der Waals surface area (Å²) < 4.78 is 4.93. The van der Waals surface area contributed by atoms with Crippen molar-refractivity contribution in [3.8, 4) is 45.3 Å². The topological polar surface area (TPSA) is 38.7 Å². The molecule has 0 bridgehead atoms. The van der Waals surface area contributed by atoms with Gasteiger partial charge < -0.3 is 0 Å². The van der Waals surface area contributed by atoms with Crippen LogP contribution in [0.25, 0.3) is 118 Å². The van der Waals surface area contributed by atoms with Crippen molar-refractivity contribution in [3.05, 3.63) is 176 Å². The Balaban J connectivity index is 1.04. The highest BCUT2D eigenvalue weighted by Crippen LogP contribution is 2.43. The fourth-order valence-corrected chi connectivity index (χ4v) is 10.7. The van der Waals surface area contributed by atoms with Gasteiger partial charge in [-0.05, 0) is 79.8 Å². The summed E-state index contributed by atoms with van der Waals surface area (Å²) in [4.78, 5) is 15.7. The zero-order valence-corrected chi connectivity index (χ0v) is 31.5. The maximum absolute atomic E-state index is 5.32. The van der Waals surface area contributed by atoms with Crippen molar-refractivity contribution in [2.45, 2.75) is 0 Å². The SMILES string of the molecule is c1ccc(-c2nc(-c3cccc4sc5ccccc5c34)nc(-c3cccc4sc5ccc(-c6ccc7c(ccc8c9ccccc9ccc78)c6)cc5c34)n2)cc1. The van der Waals surface area contributed by atoms with Crippen molar-refractivity contribution in [2.75, 3.05) is 0 Å². The molecule has 12 aromatic rings. The van der Waals surface area contributed by atoms with Crippen molar-refractivity contribution in [2.24, 2.45) is 0 Å².